The van der Waals surface area contributed by atoms with Crippen LogP contribution in [0.5, 0.6) is 17.2 Å². The second-order valence-electron chi connectivity index (χ2n) is 5.68. The van der Waals surface area contributed by atoms with E-state index < -0.39 is 29.1 Å². The van der Waals surface area contributed by atoms with Gasteiger partial charge in [-0.15, -0.1) is 0 Å². The third kappa shape index (κ3) is 4.29. The summed E-state index contributed by atoms with van der Waals surface area (Å²) in [6.07, 6.45) is 0. The first-order valence-corrected chi connectivity index (χ1v) is 8.12. The quantitative estimate of drug-likeness (QED) is 0.432. The third-order valence-corrected chi connectivity index (χ3v) is 3.86. The summed E-state index contributed by atoms with van der Waals surface area (Å²) in [7, 11) is 1.17. The Morgan fingerprint density at radius 3 is 2.71 bits per heavy atom. The lowest BCUT2D eigenvalue weighted by atomic mass is 10.2. The molecule has 0 atom stereocenters. The van der Waals surface area contributed by atoms with E-state index in [0.717, 1.165) is 11.6 Å². The van der Waals surface area contributed by atoms with Gasteiger partial charge in [0.2, 0.25) is 6.79 Å². The number of methoxy groups -OCH3 is 1. The fraction of sp³-hybridized carbons (Fsp3) is 0.222. The standard InChI is InChI=1S/C18H16N2O8/c1-25-18(22)12-3-5-14(13(7-12)20(23)24)26-9-17(21)19-8-11-2-4-15-16(6-11)28-10-27-15/h2-7H,8-10H2,1H3,(H,19,21). The van der Waals surface area contributed by atoms with Crippen LogP contribution in [0.3, 0.4) is 0 Å². The molecule has 0 unspecified atom stereocenters. The molecule has 0 saturated heterocycles. The normalized spacial score (nSPS) is 11.6. The number of nitro groups is 1. The van der Waals surface area contributed by atoms with E-state index in [2.05, 4.69) is 10.1 Å². The number of esters is 1. The van der Waals surface area contributed by atoms with Crippen molar-refractivity contribution in [3.05, 3.63) is 57.6 Å². The van der Waals surface area contributed by atoms with Gasteiger partial charge < -0.3 is 24.3 Å². The number of hydrogen-bond acceptors (Lipinski definition) is 8. The highest BCUT2D eigenvalue weighted by Crippen LogP contribution is 2.32. The first kappa shape index (κ1) is 19.0. The highest BCUT2D eigenvalue weighted by Gasteiger charge is 2.20. The van der Waals surface area contributed by atoms with E-state index in [0.29, 0.717) is 11.5 Å². The van der Waals surface area contributed by atoms with E-state index in [-0.39, 0.29) is 24.7 Å². The summed E-state index contributed by atoms with van der Waals surface area (Å²) in [5.74, 6) is -0.0681. The molecule has 28 heavy (non-hydrogen) atoms. The Morgan fingerprint density at radius 2 is 1.96 bits per heavy atom. The largest absolute Gasteiger partial charge is 0.477 e. The zero-order chi connectivity index (χ0) is 20.1. The molecule has 0 saturated carbocycles. The Labute approximate surface area is 159 Å². The summed E-state index contributed by atoms with van der Waals surface area (Å²) < 4.78 is 20.2. The van der Waals surface area contributed by atoms with Gasteiger partial charge in [-0.1, -0.05) is 6.07 Å². The summed E-state index contributed by atoms with van der Waals surface area (Å²) in [6.45, 7) is -0.0439. The van der Waals surface area contributed by atoms with Gasteiger partial charge >= 0.3 is 11.7 Å². The molecule has 2 aromatic carbocycles. The number of nitrogens with one attached hydrogen (secondary N) is 1. The molecule has 2 aromatic rings. The molecule has 0 aromatic heterocycles. The molecule has 0 bridgehead atoms. The van der Waals surface area contributed by atoms with Gasteiger partial charge in [0, 0.05) is 12.6 Å². The van der Waals surface area contributed by atoms with Crippen molar-refractivity contribution in [1.82, 2.24) is 5.32 Å². The molecule has 1 N–H and O–H groups in total. The highest BCUT2D eigenvalue weighted by atomic mass is 16.7. The van der Waals surface area contributed by atoms with Crippen LogP contribution >= 0.6 is 0 Å². The van der Waals surface area contributed by atoms with Crippen LogP contribution in [-0.4, -0.2) is 37.3 Å². The van der Waals surface area contributed by atoms with E-state index >= 15 is 0 Å². The first-order chi connectivity index (χ1) is 13.5. The van der Waals surface area contributed by atoms with Crippen LogP contribution in [0.1, 0.15) is 15.9 Å². The average molecular weight is 388 g/mol. The molecule has 3 rings (SSSR count). The molecule has 0 fully saturated rings. The van der Waals surface area contributed by atoms with Gasteiger partial charge in [-0.2, -0.15) is 0 Å². The van der Waals surface area contributed by atoms with Crippen molar-refractivity contribution < 1.29 is 33.5 Å². The lowest BCUT2D eigenvalue weighted by Gasteiger charge is -2.09. The van der Waals surface area contributed by atoms with Crippen molar-refractivity contribution in [3.8, 4) is 17.2 Å². The van der Waals surface area contributed by atoms with E-state index in [1.165, 1.54) is 19.2 Å². The number of rotatable bonds is 7. The van der Waals surface area contributed by atoms with Crippen LogP contribution in [0.15, 0.2) is 36.4 Å². The van der Waals surface area contributed by atoms with Gasteiger partial charge in [0.05, 0.1) is 17.6 Å². The predicted octanol–water partition coefficient (Wildman–Crippen LogP) is 1.81. The molecule has 0 radical (unpaired) electrons. The van der Waals surface area contributed by atoms with Gasteiger partial charge in [-0.05, 0) is 29.8 Å². The molecular weight excluding hydrogens is 372 g/mol. The minimum absolute atomic E-state index is 0.00816. The van der Waals surface area contributed by atoms with E-state index in [1.807, 2.05) is 0 Å². The second kappa shape index (κ2) is 8.25. The summed E-state index contributed by atoms with van der Waals surface area (Å²) in [6, 6.07) is 8.87. The third-order valence-electron chi connectivity index (χ3n) is 3.86. The van der Waals surface area contributed by atoms with Crippen LogP contribution in [0.2, 0.25) is 0 Å². The molecule has 10 nitrogen and oxygen atoms in total. The summed E-state index contributed by atoms with van der Waals surface area (Å²) in [5.41, 5.74) is 0.367. The highest BCUT2D eigenvalue weighted by molar-refractivity contribution is 5.90. The SMILES string of the molecule is COC(=O)c1ccc(OCC(=O)NCc2ccc3c(c2)OCO3)c([N+](=O)[O-])c1. The molecule has 1 heterocycles. The van der Waals surface area contributed by atoms with Crippen molar-refractivity contribution in [3.63, 3.8) is 0 Å². The molecule has 1 aliphatic rings. The van der Waals surface area contributed by atoms with Gasteiger partial charge in [-0.25, -0.2) is 4.79 Å². The number of fused-ring (bicyclic) bond motifs is 1. The summed E-state index contributed by atoms with van der Waals surface area (Å²) in [5, 5.41) is 13.8. The molecule has 146 valence electrons. The molecule has 0 spiro atoms. The Balaban J connectivity index is 1.58. The lowest BCUT2D eigenvalue weighted by molar-refractivity contribution is -0.385. The van der Waals surface area contributed by atoms with Crippen molar-refractivity contribution >= 4 is 17.6 Å². The fourth-order valence-corrected chi connectivity index (χ4v) is 2.47. The first-order valence-electron chi connectivity index (χ1n) is 8.12. The zero-order valence-corrected chi connectivity index (χ0v) is 14.8. The topological polar surface area (TPSA) is 126 Å². The molecule has 10 heteroatoms. The van der Waals surface area contributed by atoms with Crippen LogP contribution < -0.4 is 19.5 Å². The number of hydrogen-bond donors (Lipinski definition) is 1. The smallest absolute Gasteiger partial charge is 0.338 e. The summed E-state index contributed by atoms with van der Waals surface area (Å²) in [4.78, 5) is 34.0. The maximum absolute atomic E-state index is 12.0. The van der Waals surface area contributed by atoms with Crippen LogP contribution in [0.4, 0.5) is 5.69 Å². The Kier molecular flexibility index (Phi) is 5.58. The Morgan fingerprint density at radius 1 is 1.18 bits per heavy atom. The fourth-order valence-electron chi connectivity index (χ4n) is 2.47. The van der Waals surface area contributed by atoms with Crippen molar-refractivity contribution in [2.45, 2.75) is 6.54 Å². The van der Waals surface area contributed by atoms with E-state index in [4.69, 9.17) is 14.2 Å². The van der Waals surface area contributed by atoms with Crippen molar-refractivity contribution in [1.29, 1.82) is 0 Å². The van der Waals surface area contributed by atoms with Gasteiger partial charge in [-0.3, -0.25) is 14.9 Å². The van der Waals surface area contributed by atoms with Gasteiger partial charge in [0.15, 0.2) is 23.9 Å². The molecule has 1 amide bonds. The number of carbonyl (C=O) groups excluding carboxylic acids is 2. The Bertz CT molecular complexity index is 928. The average Bonchev–Trinajstić information content (AvgIpc) is 3.17. The number of ether oxygens (including phenoxy) is 4. The molecule has 0 aliphatic carbocycles. The van der Waals surface area contributed by atoms with E-state index in [9.17, 15) is 19.7 Å². The van der Waals surface area contributed by atoms with Crippen molar-refractivity contribution in [2.75, 3.05) is 20.5 Å². The monoisotopic (exact) mass is 388 g/mol. The number of amides is 1. The maximum Gasteiger partial charge on any atom is 0.338 e. The zero-order valence-electron chi connectivity index (χ0n) is 14.8. The van der Waals surface area contributed by atoms with Gasteiger partial charge in [0.25, 0.3) is 5.91 Å². The number of nitrogens with zero attached hydrogens (tertiary/aromatic N) is 1. The number of carbonyl (C=O) groups is 2. The number of nitro benzene ring substituents is 1. The maximum atomic E-state index is 12.0. The minimum Gasteiger partial charge on any atom is -0.477 e. The minimum atomic E-state index is -0.712. The van der Waals surface area contributed by atoms with Crippen LogP contribution in [0, 0.1) is 10.1 Å². The van der Waals surface area contributed by atoms with Crippen LogP contribution in [-0.2, 0) is 16.1 Å². The van der Waals surface area contributed by atoms with Gasteiger partial charge in [0.1, 0.15) is 0 Å². The molecule has 1 aliphatic heterocycles. The Hall–Kier alpha value is -3.82. The summed E-state index contributed by atoms with van der Waals surface area (Å²) >= 11 is 0. The van der Waals surface area contributed by atoms with Crippen molar-refractivity contribution in [2.24, 2.45) is 0 Å². The molecular formula is C18H16N2O8. The predicted molar refractivity (Wildman–Crippen MR) is 94.3 cm³/mol. The van der Waals surface area contributed by atoms with Crippen LogP contribution in [0.25, 0.3) is 0 Å². The second-order valence-corrected chi connectivity index (χ2v) is 5.68. The lowest BCUT2D eigenvalue weighted by Crippen LogP contribution is -2.28. The van der Waals surface area contributed by atoms with E-state index in [1.54, 1.807) is 18.2 Å². The number of benzene rings is 2.